The van der Waals surface area contributed by atoms with Gasteiger partial charge in [0.1, 0.15) is 11.6 Å². The summed E-state index contributed by atoms with van der Waals surface area (Å²) in [4.78, 5) is 26.2. The first-order valence-electron chi connectivity index (χ1n) is 9.99. The number of piperidine rings is 1. The fourth-order valence-corrected chi connectivity index (χ4v) is 4.55. The second-order valence-electron chi connectivity index (χ2n) is 7.89. The Morgan fingerprint density at radius 1 is 1.12 bits per heavy atom. The van der Waals surface area contributed by atoms with Crippen LogP contribution in [-0.4, -0.2) is 28.0 Å². The lowest BCUT2D eigenvalue weighted by atomic mass is 9.68. The topological polar surface area (TPSA) is 61.9 Å². The van der Waals surface area contributed by atoms with Crippen molar-refractivity contribution in [1.29, 1.82) is 0 Å². The van der Waals surface area contributed by atoms with E-state index < -0.39 is 0 Å². The second-order valence-corrected chi connectivity index (χ2v) is 7.89. The van der Waals surface area contributed by atoms with Crippen LogP contribution in [0.4, 0.5) is 5.82 Å². The molecule has 4 rings (SSSR count). The monoisotopic (exact) mass is 352 g/mol. The highest BCUT2D eigenvalue weighted by atomic mass is 16.1. The van der Waals surface area contributed by atoms with Crippen LogP contribution in [-0.2, 0) is 6.42 Å². The molecule has 0 atom stereocenters. The zero-order valence-electron chi connectivity index (χ0n) is 15.6. The first kappa shape index (κ1) is 17.3. The highest BCUT2D eigenvalue weighted by molar-refractivity contribution is 5.56. The Labute approximate surface area is 154 Å². The molecule has 5 nitrogen and oxygen atoms in total. The van der Waals surface area contributed by atoms with Crippen LogP contribution in [0.5, 0.6) is 0 Å². The van der Waals surface area contributed by atoms with Gasteiger partial charge in [-0.2, -0.15) is 0 Å². The zero-order valence-corrected chi connectivity index (χ0v) is 15.6. The molecule has 0 aromatic carbocycles. The molecule has 5 heteroatoms. The molecule has 2 aliphatic rings. The Hall–Kier alpha value is -2.17. The average Bonchev–Trinajstić information content (AvgIpc) is 2.69. The van der Waals surface area contributed by atoms with Gasteiger partial charge >= 0.3 is 0 Å². The number of H-pyrrole nitrogens is 1. The van der Waals surface area contributed by atoms with Crippen LogP contribution in [0.1, 0.15) is 57.6 Å². The summed E-state index contributed by atoms with van der Waals surface area (Å²) in [7, 11) is 0. The van der Waals surface area contributed by atoms with Gasteiger partial charge in [-0.3, -0.25) is 4.79 Å². The van der Waals surface area contributed by atoms with Gasteiger partial charge in [0.2, 0.25) is 0 Å². The maximum Gasteiger partial charge on any atom is 0.251 e. The molecular weight excluding hydrogens is 324 g/mol. The van der Waals surface area contributed by atoms with Crippen molar-refractivity contribution in [3.8, 4) is 11.4 Å². The SMILES string of the molecule is CCc1cc(=O)[nH]c(-c2ccc(N3CCC4(CCCCC4)CC3)nc2)n1. The van der Waals surface area contributed by atoms with Crippen molar-refractivity contribution >= 4 is 5.82 Å². The predicted molar refractivity (Wildman–Crippen MR) is 104 cm³/mol. The lowest BCUT2D eigenvalue weighted by Crippen LogP contribution is -2.41. The molecule has 2 aromatic rings. The molecule has 0 bridgehead atoms. The van der Waals surface area contributed by atoms with Crippen LogP contribution in [0.15, 0.2) is 29.2 Å². The molecule has 26 heavy (non-hydrogen) atoms. The van der Waals surface area contributed by atoms with Gasteiger partial charge in [0.25, 0.3) is 5.56 Å². The second kappa shape index (κ2) is 7.22. The Kier molecular flexibility index (Phi) is 4.79. The van der Waals surface area contributed by atoms with Crippen LogP contribution in [0.2, 0.25) is 0 Å². The van der Waals surface area contributed by atoms with Gasteiger partial charge < -0.3 is 9.88 Å². The molecule has 2 aromatic heterocycles. The van der Waals surface area contributed by atoms with Crippen LogP contribution < -0.4 is 10.5 Å². The molecular formula is C21H28N4O. The van der Waals surface area contributed by atoms with E-state index in [2.05, 4.69) is 25.9 Å². The number of hydrogen-bond donors (Lipinski definition) is 1. The van der Waals surface area contributed by atoms with Gasteiger partial charge in [-0.15, -0.1) is 0 Å². The normalized spacial score (nSPS) is 19.7. The lowest BCUT2D eigenvalue weighted by molar-refractivity contribution is 0.144. The highest BCUT2D eigenvalue weighted by Gasteiger charge is 2.35. The van der Waals surface area contributed by atoms with Crippen molar-refractivity contribution in [1.82, 2.24) is 15.0 Å². The number of nitrogens with one attached hydrogen (secondary N) is 1. The number of aromatic amines is 1. The smallest absolute Gasteiger partial charge is 0.251 e. The van der Waals surface area contributed by atoms with Crippen LogP contribution in [0.25, 0.3) is 11.4 Å². The first-order valence-corrected chi connectivity index (χ1v) is 9.99. The molecule has 1 aliphatic carbocycles. The fourth-order valence-electron chi connectivity index (χ4n) is 4.55. The van der Waals surface area contributed by atoms with Gasteiger partial charge in [0.15, 0.2) is 0 Å². The quantitative estimate of drug-likeness (QED) is 0.909. The molecule has 0 unspecified atom stereocenters. The van der Waals surface area contributed by atoms with Gasteiger partial charge in [-0.25, -0.2) is 9.97 Å². The van der Waals surface area contributed by atoms with E-state index in [1.807, 2.05) is 19.2 Å². The van der Waals surface area contributed by atoms with Gasteiger partial charge in [-0.1, -0.05) is 26.2 Å². The van der Waals surface area contributed by atoms with Crippen molar-refractivity contribution in [2.75, 3.05) is 18.0 Å². The summed E-state index contributed by atoms with van der Waals surface area (Å²) in [6.07, 6.45) is 12.2. The largest absolute Gasteiger partial charge is 0.357 e. The van der Waals surface area contributed by atoms with E-state index in [4.69, 9.17) is 0 Å². The zero-order chi connectivity index (χ0) is 18.0. The fraction of sp³-hybridized carbons (Fsp3) is 0.571. The molecule has 0 radical (unpaired) electrons. The summed E-state index contributed by atoms with van der Waals surface area (Å²) in [5.74, 6) is 1.64. The minimum absolute atomic E-state index is 0.107. The number of aryl methyl sites for hydroxylation is 1. The van der Waals surface area contributed by atoms with Crippen molar-refractivity contribution in [2.45, 2.75) is 58.3 Å². The molecule has 3 heterocycles. The summed E-state index contributed by atoms with van der Waals surface area (Å²) >= 11 is 0. The minimum Gasteiger partial charge on any atom is -0.357 e. The third-order valence-corrected chi connectivity index (χ3v) is 6.24. The Balaban J connectivity index is 1.47. The Morgan fingerprint density at radius 2 is 1.88 bits per heavy atom. The van der Waals surface area contributed by atoms with Crippen molar-refractivity contribution in [2.24, 2.45) is 5.41 Å². The number of aromatic nitrogens is 3. The molecule has 1 aliphatic heterocycles. The predicted octanol–water partition coefficient (Wildman–Crippen LogP) is 3.95. The standard InChI is InChI=1S/C21H28N4O/c1-2-17-14-19(26)24-20(23-17)16-6-7-18(22-15-16)25-12-10-21(11-13-25)8-4-3-5-9-21/h6-7,14-15H,2-5,8-13H2,1H3,(H,23,24,26). The summed E-state index contributed by atoms with van der Waals surface area (Å²) in [6.45, 7) is 4.21. The third kappa shape index (κ3) is 3.53. The highest BCUT2D eigenvalue weighted by Crippen LogP contribution is 2.44. The number of anilines is 1. The summed E-state index contributed by atoms with van der Waals surface area (Å²) in [5, 5.41) is 0. The van der Waals surface area contributed by atoms with Crippen molar-refractivity contribution in [3.63, 3.8) is 0 Å². The van der Waals surface area contributed by atoms with Crippen LogP contribution >= 0.6 is 0 Å². The molecule has 1 N–H and O–H groups in total. The summed E-state index contributed by atoms with van der Waals surface area (Å²) in [5.41, 5.74) is 2.17. The van der Waals surface area contributed by atoms with Gasteiger partial charge in [0, 0.05) is 36.6 Å². The molecule has 1 saturated carbocycles. The van der Waals surface area contributed by atoms with Crippen molar-refractivity contribution < 1.29 is 0 Å². The molecule has 1 saturated heterocycles. The van der Waals surface area contributed by atoms with Crippen molar-refractivity contribution in [3.05, 3.63) is 40.4 Å². The van der Waals surface area contributed by atoms with Gasteiger partial charge in [-0.05, 0) is 49.7 Å². The van der Waals surface area contributed by atoms with E-state index in [0.29, 0.717) is 11.2 Å². The number of hydrogen-bond acceptors (Lipinski definition) is 4. The van der Waals surface area contributed by atoms with E-state index in [0.717, 1.165) is 36.6 Å². The maximum atomic E-state index is 11.8. The van der Waals surface area contributed by atoms with E-state index in [1.54, 1.807) is 6.07 Å². The summed E-state index contributed by atoms with van der Waals surface area (Å²) in [6, 6.07) is 5.64. The van der Waals surface area contributed by atoms with E-state index >= 15 is 0 Å². The lowest BCUT2D eigenvalue weighted by Gasteiger charge is -2.44. The molecule has 0 amide bonds. The Morgan fingerprint density at radius 3 is 2.54 bits per heavy atom. The molecule has 138 valence electrons. The van der Waals surface area contributed by atoms with E-state index in [9.17, 15) is 4.79 Å². The first-order chi connectivity index (χ1) is 12.7. The number of rotatable bonds is 3. The average molecular weight is 352 g/mol. The summed E-state index contributed by atoms with van der Waals surface area (Å²) < 4.78 is 0. The van der Waals surface area contributed by atoms with Crippen LogP contribution in [0, 0.1) is 5.41 Å². The molecule has 2 fully saturated rings. The van der Waals surface area contributed by atoms with Gasteiger partial charge in [0.05, 0.1) is 0 Å². The maximum absolute atomic E-state index is 11.8. The number of nitrogens with zero attached hydrogens (tertiary/aromatic N) is 3. The minimum atomic E-state index is -0.107. The number of pyridine rings is 1. The molecule has 1 spiro atoms. The van der Waals surface area contributed by atoms with E-state index in [1.165, 1.54) is 44.9 Å². The Bertz CT molecular complexity index is 796. The van der Waals surface area contributed by atoms with E-state index in [-0.39, 0.29) is 5.56 Å². The third-order valence-electron chi connectivity index (χ3n) is 6.24. The van der Waals surface area contributed by atoms with Crippen LogP contribution in [0.3, 0.4) is 0 Å².